The summed E-state index contributed by atoms with van der Waals surface area (Å²) in [4.78, 5) is 32.6. The first-order valence-corrected chi connectivity index (χ1v) is 14.8. The van der Waals surface area contributed by atoms with Gasteiger partial charge in [0.25, 0.3) is 0 Å². The Labute approximate surface area is 237 Å². The summed E-state index contributed by atoms with van der Waals surface area (Å²) in [6.07, 6.45) is 6.96. The highest BCUT2D eigenvalue weighted by molar-refractivity contribution is 6.32. The molecule has 1 saturated carbocycles. The van der Waals surface area contributed by atoms with E-state index < -0.39 is 17.4 Å². The molecule has 0 bridgehead atoms. The predicted octanol–water partition coefficient (Wildman–Crippen LogP) is 5.37. The summed E-state index contributed by atoms with van der Waals surface area (Å²) in [5.41, 5.74) is 3.51. The molecule has 1 fully saturated rings. The first-order valence-electron chi connectivity index (χ1n) is 14.4. The summed E-state index contributed by atoms with van der Waals surface area (Å²) < 4.78 is 0. The number of rotatable bonds is 14. The second-order valence-corrected chi connectivity index (χ2v) is 12.1. The molecule has 1 atom stereocenters. The molecule has 1 aliphatic carbocycles. The fraction of sp³-hybridized carbons (Fsp3) is 0.581. The van der Waals surface area contributed by atoms with Crippen molar-refractivity contribution in [3.05, 3.63) is 57.7 Å². The second kappa shape index (κ2) is 13.1. The van der Waals surface area contributed by atoms with E-state index in [0.29, 0.717) is 36.7 Å². The van der Waals surface area contributed by atoms with Crippen molar-refractivity contribution in [2.24, 2.45) is 5.92 Å². The highest BCUT2D eigenvalue weighted by atomic mass is 35.5. The number of amides is 1. The summed E-state index contributed by atoms with van der Waals surface area (Å²) in [5, 5.41) is 16.8. The molecule has 1 aliphatic heterocycles. The summed E-state index contributed by atoms with van der Waals surface area (Å²) in [6.45, 7) is 9.70. The molecule has 1 amide bonds. The number of carbonyl (C=O) groups is 2. The molecule has 7 nitrogen and oxygen atoms in total. The molecule has 3 N–H and O–H groups in total. The number of carboxylic acids is 1. The van der Waals surface area contributed by atoms with E-state index in [1.54, 1.807) is 6.07 Å². The van der Waals surface area contributed by atoms with E-state index in [0.717, 1.165) is 74.4 Å². The number of carbonyl (C=O) groups excluding carboxylic acids is 1. The molecule has 212 valence electrons. The third kappa shape index (κ3) is 7.52. The minimum Gasteiger partial charge on any atom is -0.480 e. The van der Waals surface area contributed by atoms with Gasteiger partial charge in [0.1, 0.15) is 11.9 Å². The number of aryl methyl sites for hydroxylation is 3. The Morgan fingerprint density at radius 2 is 1.97 bits per heavy atom. The Morgan fingerprint density at radius 1 is 1.18 bits per heavy atom. The number of aromatic nitrogens is 1. The Bertz CT molecular complexity index is 1140. The molecule has 39 heavy (non-hydrogen) atoms. The number of carboxylic acid groups (broad SMARTS) is 1. The van der Waals surface area contributed by atoms with Gasteiger partial charge < -0.3 is 20.6 Å². The van der Waals surface area contributed by atoms with Crippen LogP contribution in [0.3, 0.4) is 0 Å². The van der Waals surface area contributed by atoms with Crippen molar-refractivity contribution in [2.45, 2.75) is 83.6 Å². The first-order chi connectivity index (χ1) is 18.7. The maximum absolute atomic E-state index is 13.3. The summed E-state index contributed by atoms with van der Waals surface area (Å²) in [5.74, 6) is 0.286. The second-order valence-electron chi connectivity index (χ2n) is 11.7. The lowest BCUT2D eigenvalue weighted by Crippen LogP contribution is -2.47. The lowest BCUT2D eigenvalue weighted by Gasteiger charge is -2.27. The maximum atomic E-state index is 13.3. The highest BCUT2D eigenvalue weighted by Crippen LogP contribution is 2.52. The van der Waals surface area contributed by atoms with Crippen LogP contribution in [0.5, 0.6) is 0 Å². The van der Waals surface area contributed by atoms with Gasteiger partial charge in [-0.2, -0.15) is 0 Å². The van der Waals surface area contributed by atoms with Crippen LogP contribution in [0.25, 0.3) is 0 Å². The Hall–Kier alpha value is -2.64. The predicted molar refractivity (Wildman–Crippen MR) is 157 cm³/mol. The van der Waals surface area contributed by atoms with Crippen LogP contribution in [0.15, 0.2) is 30.3 Å². The van der Waals surface area contributed by atoms with Crippen LogP contribution in [0.1, 0.15) is 74.8 Å². The van der Waals surface area contributed by atoms with Gasteiger partial charge in [0, 0.05) is 30.4 Å². The number of hydrogen-bond acceptors (Lipinski definition) is 5. The van der Waals surface area contributed by atoms with Crippen molar-refractivity contribution in [1.82, 2.24) is 15.2 Å². The summed E-state index contributed by atoms with van der Waals surface area (Å²) in [6, 6.07) is 9.04. The van der Waals surface area contributed by atoms with Gasteiger partial charge in [-0.25, -0.2) is 9.78 Å². The number of fused-ring (bicyclic) bond motifs is 1. The first kappa shape index (κ1) is 29.3. The lowest BCUT2D eigenvalue weighted by molar-refractivity contribution is -0.142. The number of aliphatic carboxylic acids is 1. The number of anilines is 1. The number of unbranched alkanes of at least 4 members (excludes halogenated alkanes) is 1. The molecule has 2 heterocycles. The van der Waals surface area contributed by atoms with Crippen molar-refractivity contribution in [3.63, 3.8) is 0 Å². The van der Waals surface area contributed by atoms with Crippen molar-refractivity contribution in [2.75, 3.05) is 31.5 Å². The van der Waals surface area contributed by atoms with Gasteiger partial charge in [-0.05, 0) is 99.6 Å². The molecular weight excluding hydrogens is 512 g/mol. The van der Waals surface area contributed by atoms with Crippen LogP contribution >= 0.6 is 11.6 Å². The van der Waals surface area contributed by atoms with E-state index in [2.05, 4.69) is 41.5 Å². The molecule has 2 aromatic rings. The fourth-order valence-electron chi connectivity index (χ4n) is 5.78. The van der Waals surface area contributed by atoms with Crippen LogP contribution in [0, 0.1) is 12.8 Å². The molecule has 4 rings (SSSR count). The average Bonchev–Trinajstić information content (AvgIpc) is 3.69. The van der Waals surface area contributed by atoms with Crippen molar-refractivity contribution in [1.29, 1.82) is 0 Å². The molecule has 8 heteroatoms. The largest absolute Gasteiger partial charge is 0.480 e. The number of halogens is 1. The average molecular weight is 555 g/mol. The summed E-state index contributed by atoms with van der Waals surface area (Å²) >= 11 is 6.47. The topological polar surface area (TPSA) is 94.6 Å². The van der Waals surface area contributed by atoms with Gasteiger partial charge >= 0.3 is 5.97 Å². The zero-order valence-electron chi connectivity index (χ0n) is 23.6. The summed E-state index contributed by atoms with van der Waals surface area (Å²) in [7, 11) is 0. The normalized spacial score (nSPS) is 16.5. The molecule has 1 unspecified atom stereocenters. The Balaban J connectivity index is 1.30. The van der Waals surface area contributed by atoms with Crippen molar-refractivity contribution >= 4 is 29.3 Å². The van der Waals surface area contributed by atoms with E-state index >= 15 is 0 Å². The van der Waals surface area contributed by atoms with Crippen molar-refractivity contribution < 1.29 is 14.7 Å². The van der Waals surface area contributed by atoms with E-state index in [4.69, 9.17) is 16.6 Å². The molecule has 0 spiro atoms. The molecule has 1 aromatic carbocycles. The zero-order valence-corrected chi connectivity index (χ0v) is 24.3. The van der Waals surface area contributed by atoms with Gasteiger partial charge in [0.2, 0.25) is 5.91 Å². The number of nitrogens with zero attached hydrogens (tertiary/aromatic N) is 2. The number of hydrogen-bond donors (Lipinski definition) is 3. The quantitative estimate of drug-likeness (QED) is 0.272. The van der Waals surface area contributed by atoms with Gasteiger partial charge in [0.15, 0.2) is 0 Å². The minimum absolute atomic E-state index is 0.228. The molecule has 1 aromatic heterocycles. The smallest absolute Gasteiger partial charge is 0.326 e. The van der Waals surface area contributed by atoms with Crippen LogP contribution < -0.4 is 10.6 Å². The van der Waals surface area contributed by atoms with Gasteiger partial charge in [-0.3, -0.25) is 4.79 Å². The van der Waals surface area contributed by atoms with Gasteiger partial charge in [-0.1, -0.05) is 43.6 Å². The molecule has 0 radical (unpaired) electrons. The number of benzene rings is 1. The van der Waals surface area contributed by atoms with E-state index in [-0.39, 0.29) is 5.91 Å². The number of nitrogens with one attached hydrogen (secondary N) is 2. The third-order valence-corrected chi connectivity index (χ3v) is 8.27. The van der Waals surface area contributed by atoms with Crippen LogP contribution in [0.2, 0.25) is 5.02 Å². The van der Waals surface area contributed by atoms with Crippen LogP contribution in [-0.4, -0.2) is 59.1 Å². The van der Waals surface area contributed by atoms with Gasteiger partial charge in [-0.15, -0.1) is 0 Å². The molecule has 0 saturated heterocycles. The minimum atomic E-state index is -0.994. The number of pyridine rings is 1. The van der Waals surface area contributed by atoms with E-state index in [9.17, 15) is 14.7 Å². The molecule has 2 aliphatic rings. The van der Waals surface area contributed by atoms with Crippen LogP contribution in [-0.2, 0) is 27.8 Å². The SMILES string of the molecule is Cc1cccc(Cl)c1C1(C(=O)NC(CCN(CCCCc2ccc3c(n2)NCCC3)CC(C)C)C(=O)O)CC1. The van der Waals surface area contributed by atoms with Crippen LogP contribution in [0.4, 0.5) is 5.82 Å². The maximum Gasteiger partial charge on any atom is 0.326 e. The van der Waals surface area contributed by atoms with E-state index in [1.165, 1.54) is 5.56 Å². The third-order valence-electron chi connectivity index (χ3n) is 7.95. The standard InChI is InChI=1S/C31H43ClN4O3/c1-21(2)20-36(18-5-4-10-24-13-12-23-9-7-17-33-28(23)34-24)19-14-26(29(37)38)35-30(39)31(15-16-31)27-22(3)8-6-11-25(27)32/h6,8,11-13,21,26H,4-5,7,9-10,14-20H2,1-3H3,(H,33,34)(H,35,39)(H,37,38). The monoisotopic (exact) mass is 554 g/mol. The van der Waals surface area contributed by atoms with Gasteiger partial charge in [0.05, 0.1) is 5.41 Å². The zero-order chi connectivity index (χ0) is 28.0. The Morgan fingerprint density at radius 3 is 2.67 bits per heavy atom. The van der Waals surface area contributed by atoms with E-state index in [1.807, 2.05) is 19.1 Å². The Kier molecular flexibility index (Phi) is 9.89. The highest BCUT2D eigenvalue weighted by Gasteiger charge is 2.53. The fourth-order valence-corrected chi connectivity index (χ4v) is 6.18. The van der Waals surface area contributed by atoms with Crippen molar-refractivity contribution in [3.8, 4) is 0 Å². The molecular formula is C31H43ClN4O3. The lowest BCUT2D eigenvalue weighted by atomic mass is 9.90.